The first-order chi connectivity index (χ1) is 16.4. The van der Waals surface area contributed by atoms with Crippen LogP contribution in [0.5, 0.6) is 0 Å². The van der Waals surface area contributed by atoms with Crippen LogP contribution in [0.15, 0.2) is 24.3 Å². The number of carbonyl (C=O) groups excluding carboxylic acids is 2. The van der Waals surface area contributed by atoms with Gasteiger partial charge in [-0.25, -0.2) is 9.59 Å². The summed E-state index contributed by atoms with van der Waals surface area (Å²) in [6, 6.07) is 3.01. The van der Waals surface area contributed by atoms with Gasteiger partial charge in [0.1, 0.15) is 0 Å². The highest BCUT2D eigenvalue weighted by molar-refractivity contribution is 6.89. The zero-order valence-corrected chi connectivity index (χ0v) is 27.7. The quantitative estimate of drug-likeness (QED) is 0.0836. The number of esters is 2. The maximum atomic E-state index is 11.7. The Morgan fingerprint density at radius 1 is 0.944 bits per heavy atom. The van der Waals surface area contributed by atoms with Crippen LogP contribution in [-0.2, 0) is 27.9 Å². The molecule has 36 heavy (non-hydrogen) atoms. The highest BCUT2D eigenvalue weighted by Gasteiger charge is 2.72. The molecule has 0 spiro atoms. The molecule has 1 fully saturated rings. The van der Waals surface area contributed by atoms with Gasteiger partial charge in [0.25, 0.3) is 0 Å². The van der Waals surface area contributed by atoms with Crippen molar-refractivity contribution in [2.45, 2.75) is 122 Å². The molecule has 1 aliphatic rings. The summed E-state index contributed by atoms with van der Waals surface area (Å²) < 4.78 is 24.8. The average molecular weight is 557 g/mol. The van der Waals surface area contributed by atoms with Gasteiger partial charge in [-0.05, 0) is 78.2 Å². The number of rotatable bonds is 17. The van der Waals surface area contributed by atoms with E-state index in [2.05, 4.69) is 66.7 Å². The minimum Gasteiger partial charge on any atom is -0.462 e. The van der Waals surface area contributed by atoms with Crippen molar-refractivity contribution < 1.29 is 27.9 Å². The summed E-state index contributed by atoms with van der Waals surface area (Å²) in [7, 11) is -5.84. The Kier molecular flexibility index (Phi) is 11.6. The Labute approximate surface area is 223 Å². The van der Waals surface area contributed by atoms with Crippen molar-refractivity contribution in [2.75, 3.05) is 13.2 Å². The van der Waals surface area contributed by atoms with E-state index in [4.69, 9.17) is 18.3 Å². The molecule has 0 aromatic heterocycles. The topological polar surface area (TPSA) is 71.1 Å². The molecule has 0 saturated carbocycles. The van der Waals surface area contributed by atoms with Gasteiger partial charge < -0.3 is 18.3 Å². The first-order valence-electron chi connectivity index (χ1n) is 13.5. The zero-order valence-electron chi connectivity index (χ0n) is 24.7. The molecule has 0 aliphatic carbocycles. The molecule has 0 N–H and O–H groups in total. The van der Waals surface area contributed by atoms with Crippen LogP contribution in [0.25, 0.3) is 0 Å². The number of hydrogen-bond donors (Lipinski definition) is 0. The highest BCUT2D eigenvalue weighted by Crippen LogP contribution is 2.57. The molecule has 6 nitrogen and oxygen atoms in total. The highest BCUT2D eigenvalue weighted by atomic mass is 28.4. The van der Waals surface area contributed by atoms with Gasteiger partial charge in [0.2, 0.25) is 8.32 Å². The molecular weight excluding hydrogens is 505 g/mol. The van der Waals surface area contributed by atoms with Gasteiger partial charge in [0.05, 0.1) is 26.5 Å². The molecule has 1 heterocycles. The Morgan fingerprint density at radius 3 is 1.83 bits per heavy atom. The lowest BCUT2D eigenvalue weighted by Crippen LogP contribution is -2.58. The van der Waals surface area contributed by atoms with Crippen LogP contribution in [0, 0.1) is 0 Å². The Balaban J connectivity index is 2.78. The van der Waals surface area contributed by atoms with E-state index in [9.17, 15) is 9.59 Å². The molecule has 0 aromatic rings. The van der Waals surface area contributed by atoms with Crippen LogP contribution < -0.4 is 0 Å². The zero-order chi connectivity index (χ0) is 28.0. The van der Waals surface area contributed by atoms with Gasteiger partial charge in [0, 0.05) is 16.4 Å². The fourth-order valence-corrected chi connectivity index (χ4v) is 17.7. The predicted molar refractivity (Wildman–Crippen MR) is 156 cm³/mol. The summed E-state index contributed by atoms with van der Waals surface area (Å²) in [6.07, 6.45) is 3.59. The van der Waals surface area contributed by atoms with Crippen molar-refractivity contribution >= 4 is 36.6 Å². The molecule has 1 saturated heterocycles. The molecule has 1 rings (SSSR count). The van der Waals surface area contributed by atoms with Crippen LogP contribution in [0.4, 0.5) is 0 Å². The molecule has 1 aliphatic heterocycles. The lowest BCUT2D eigenvalue weighted by atomic mass is 10.3. The minimum atomic E-state index is -2.07. The van der Waals surface area contributed by atoms with Crippen molar-refractivity contribution in [3.63, 3.8) is 0 Å². The van der Waals surface area contributed by atoms with E-state index in [0.717, 1.165) is 43.8 Å². The third kappa shape index (κ3) is 8.51. The molecular formula is C27H52O6Si3. The van der Waals surface area contributed by atoms with Crippen molar-refractivity contribution in [1.82, 2.24) is 0 Å². The monoisotopic (exact) mass is 556 g/mol. The van der Waals surface area contributed by atoms with E-state index in [-0.39, 0.29) is 22.4 Å². The Hall–Kier alpha value is -1.01. The van der Waals surface area contributed by atoms with E-state index in [1.165, 1.54) is 0 Å². The van der Waals surface area contributed by atoms with Gasteiger partial charge in [-0.1, -0.05) is 46.1 Å². The van der Waals surface area contributed by atoms with Crippen LogP contribution >= 0.6 is 0 Å². The minimum absolute atomic E-state index is 0.130. The first-order valence-corrected chi connectivity index (χ1v) is 22.4. The van der Waals surface area contributed by atoms with E-state index in [0.29, 0.717) is 24.4 Å². The van der Waals surface area contributed by atoms with E-state index in [1.54, 1.807) is 13.8 Å². The fraction of sp³-hybridized carbons (Fsp3) is 0.778. The second kappa shape index (κ2) is 12.7. The van der Waals surface area contributed by atoms with E-state index in [1.807, 2.05) is 0 Å². The van der Waals surface area contributed by atoms with Crippen LogP contribution in [0.3, 0.4) is 0 Å². The second-order valence-electron chi connectivity index (χ2n) is 12.2. The van der Waals surface area contributed by atoms with Crippen molar-refractivity contribution in [2.24, 2.45) is 0 Å². The third-order valence-corrected chi connectivity index (χ3v) is 20.2. The summed E-state index contributed by atoms with van der Waals surface area (Å²) in [6.45, 7) is 29.9. The second-order valence-corrected chi connectivity index (χ2v) is 25.7. The molecule has 0 amide bonds. The van der Waals surface area contributed by atoms with Gasteiger partial charge in [-0.3, -0.25) is 0 Å². The maximum Gasteiger partial charge on any atom is 0.333 e. The third-order valence-electron chi connectivity index (χ3n) is 8.09. The van der Waals surface area contributed by atoms with Gasteiger partial charge in [-0.15, -0.1) is 0 Å². The molecule has 3 atom stereocenters. The predicted octanol–water partition coefficient (Wildman–Crippen LogP) is 6.94. The van der Waals surface area contributed by atoms with Crippen molar-refractivity contribution in [3.05, 3.63) is 24.3 Å². The number of carbonyl (C=O) groups is 2. The standard InChI is InChI=1S/C27H52O6Si3/c1-13-26(7,34(8,9)19-15-17-30-24(28)22(3)4)32-36(12)21-27(36,14-2)33-35(10,11)20-16-18-31-25(29)23(5)6/h3,5,13-21H2,1-2,4,6-12H3. The average Bonchev–Trinajstić information content (AvgIpc) is 3.34. The van der Waals surface area contributed by atoms with Gasteiger partial charge >= 0.3 is 11.9 Å². The van der Waals surface area contributed by atoms with Crippen molar-refractivity contribution in [3.8, 4) is 0 Å². The molecule has 9 heteroatoms. The Bertz CT molecular complexity index is 826. The Morgan fingerprint density at radius 2 is 1.42 bits per heavy atom. The van der Waals surface area contributed by atoms with E-state index < -0.39 is 24.7 Å². The smallest absolute Gasteiger partial charge is 0.333 e. The lowest BCUT2D eigenvalue weighted by molar-refractivity contribution is -0.139. The van der Waals surface area contributed by atoms with E-state index >= 15 is 0 Å². The number of ether oxygens (including phenoxy) is 2. The summed E-state index contributed by atoms with van der Waals surface area (Å²) in [5.41, 5.74) is 0.874. The van der Waals surface area contributed by atoms with Crippen molar-refractivity contribution in [1.29, 1.82) is 0 Å². The fourth-order valence-electron chi connectivity index (χ4n) is 4.96. The lowest BCUT2D eigenvalue weighted by Gasteiger charge is -2.46. The van der Waals surface area contributed by atoms with Gasteiger partial charge in [-0.2, -0.15) is 0 Å². The molecule has 3 unspecified atom stereocenters. The van der Waals surface area contributed by atoms with Crippen LogP contribution in [0.1, 0.15) is 60.3 Å². The maximum absolute atomic E-state index is 11.7. The summed E-state index contributed by atoms with van der Waals surface area (Å²) in [5.74, 6) is -0.636. The molecule has 0 aromatic carbocycles. The SMILES string of the molecule is C=C(C)C(=O)OCCC[Si](C)(C)OC1(CC)C[Si]1(C)OC(C)(CC)[Si](C)(C)CCCOC(=O)C(=C)C. The molecule has 0 radical (unpaired) electrons. The molecule has 208 valence electrons. The number of hydrogen-bond acceptors (Lipinski definition) is 6. The normalized spacial score (nSPS) is 23.5. The summed E-state index contributed by atoms with van der Waals surface area (Å²) in [4.78, 5) is 23.4. The van der Waals surface area contributed by atoms with Crippen LogP contribution in [-0.4, -0.2) is 60.3 Å². The largest absolute Gasteiger partial charge is 0.462 e. The van der Waals surface area contributed by atoms with Crippen LogP contribution in [0.2, 0.25) is 50.9 Å². The summed E-state index contributed by atoms with van der Waals surface area (Å²) in [5, 5.41) is -0.288. The van der Waals surface area contributed by atoms with Gasteiger partial charge in [0.15, 0.2) is 8.32 Å². The summed E-state index contributed by atoms with van der Waals surface area (Å²) >= 11 is 0. The first kappa shape index (κ1) is 33.0. The molecule has 0 bridgehead atoms.